The number of aromatic nitrogens is 2. The first kappa shape index (κ1) is 16.1. The number of hydrogen-bond donors (Lipinski definition) is 1. The number of nitrogens with zero attached hydrogens (tertiary/aromatic N) is 2. The van der Waals surface area contributed by atoms with Crippen LogP contribution in [-0.4, -0.2) is 23.6 Å². The van der Waals surface area contributed by atoms with E-state index in [0.29, 0.717) is 5.92 Å². The Labute approximate surface area is 117 Å². The average molecular weight is 265 g/mol. The summed E-state index contributed by atoms with van der Waals surface area (Å²) < 4.78 is 5.48. The van der Waals surface area contributed by atoms with Gasteiger partial charge in [0.1, 0.15) is 6.10 Å². The lowest BCUT2D eigenvalue weighted by Crippen LogP contribution is -2.22. The van der Waals surface area contributed by atoms with E-state index >= 15 is 0 Å². The van der Waals surface area contributed by atoms with Gasteiger partial charge in [-0.25, -0.2) is 9.97 Å². The summed E-state index contributed by atoms with van der Waals surface area (Å²) in [6, 6.07) is 0.286. The van der Waals surface area contributed by atoms with E-state index in [1.807, 2.05) is 13.1 Å². The molecular weight excluding hydrogens is 238 g/mol. The maximum Gasteiger partial charge on any atom is 0.157 e. The predicted molar refractivity (Wildman–Crippen MR) is 78.1 cm³/mol. The minimum Gasteiger partial charge on any atom is -0.373 e. The zero-order valence-corrected chi connectivity index (χ0v) is 13.0. The average Bonchev–Trinajstić information content (AvgIpc) is 2.36. The molecule has 1 rings (SSSR count). The van der Waals surface area contributed by atoms with E-state index in [1.54, 1.807) is 7.11 Å². The van der Waals surface area contributed by atoms with E-state index in [4.69, 9.17) is 4.74 Å². The SMILES string of the molecule is CCCNC(C)c1cnc(C(OC)C(C)C)nc1C. The normalized spacial score (nSPS) is 14.7. The van der Waals surface area contributed by atoms with Crippen molar-refractivity contribution >= 4 is 0 Å². The topological polar surface area (TPSA) is 47.0 Å². The molecule has 0 radical (unpaired) electrons. The highest BCUT2D eigenvalue weighted by Crippen LogP contribution is 2.23. The molecule has 0 aliphatic rings. The van der Waals surface area contributed by atoms with Crippen molar-refractivity contribution in [3.63, 3.8) is 0 Å². The quantitative estimate of drug-likeness (QED) is 0.822. The summed E-state index contributed by atoms with van der Waals surface area (Å²) in [4.78, 5) is 9.10. The van der Waals surface area contributed by atoms with E-state index in [2.05, 4.69) is 43.0 Å². The molecule has 0 fully saturated rings. The molecule has 0 aromatic carbocycles. The molecule has 2 atom stereocenters. The third-order valence-electron chi connectivity index (χ3n) is 3.32. The van der Waals surface area contributed by atoms with Crippen molar-refractivity contribution in [1.29, 1.82) is 0 Å². The molecule has 0 amide bonds. The molecule has 0 aliphatic carbocycles. The van der Waals surface area contributed by atoms with Crippen LogP contribution in [0.4, 0.5) is 0 Å². The van der Waals surface area contributed by atoms with Crippen molar-refractivity contribution in [3.05, 3.63) is 23.3 Å². The molecule has 4 nitrogen and oxygen atoms in total. The Morgan fingerprint density at radius 1 is 1.32 bits per heavy atom. The minimum absolute atomic E-state index is 0.0355. The summed E-state index contributed by atoms with van der Waals surface area (Å²) >= 11 is 0. The first-order chi connectivity index (χ1) is 9.01. The Balaban J connectivity index is 2.90. The van der Waals surface area contributed by atoms with Gasteiger partial charge >= 0.3 is 0 Å². The number of aryl methyl sites for hydroxylation is 1. The third-order valence-corrected chi connectivity index (χ3v) is 3.32. The van der Waals surface area contributed by atoms with Gasteiger partial charge in [-0.1, -0.05) is 20.8 Å². The van der Waals surface area contributed by atoms with Gasteiger partial charge in [-0.3, -0.25) is 0 Å². The fourth-order valence-corrected chi connectivity index (χ4v) is 2.20. The maximum absolute atomic E-state index is 5.48. The lowest BCUT2D eigenvalue weighted by Gasteiger charge is -2.20. The van der Waals surface area contributed by atoms with E-state index in [-0.39, 0.29) is 12.1 Å². The van der Waals surface area contributed by atoms with E-state index in [9.17, 15) is 0 Å². The molecule has 0 saturated heterocycles. The van der Waals surface area contributed by atoms with Crippen molar-refractivity contribution < 1.29 is 4.74 Å². The Kier molecular flexibility index (Phi) is 6.38. The summed E-state index contributed by atoms with van der Waals surface area (Å²) in [7, 11) is 1.71. The largest absolute Gasteiger partial charge is 0.373 e. The first-order valence-electron chi connectivity index (χ1n) is 7.10. The molecule has 4 heteroatoms. The highest BCUT2D eigenvalue weighted by Gasteiger charge is 2.19. The van der Waals surface area contributed by atoms with Crippen molar-refractivity contribution in [3.8, 4) is 0 Å². The zero-order valence-electron chi connectivity index (χ0n) is 13.0. The van der Waals surface area contributed by atoms with Crippen LogP contribution >= 0.6 is 0 Å². The molecule has 19 heavy (non-hydrogen) atoms. The highest BCUT2D eigenvalue weighted by molar-refractivity contribution is 5.20. The van der Waals surface area contributed by atoms with Crippen LogP contribution in [0.3, 0.4) is 0 Å². The first-order valence-corrected chi connectivity index (χ1v) is 7.10. The molecular formula is C15H27N3O. The summed E-state index contributed by atoms with van der Waals surface area (Å²) in [5, 5.41) is 3.46. The van der Waals surface area contributed by atoms with Crippen molar-refractivity contribution in [2.75, 3.05) is 13.7 Å². The fraction of sp³-hybridized carbons (Fsp3) is 0.733. The van der Waals surface area contributed by atoms with Crippen molar-refractivity contribution in [2.24, 2.45) is 5.92 Å². The van der Waals surface area contributed by atoms with Crippen LogP contribution in [-0.2, 0) is 4.74 Å². The molecule has 0 bridgehead atoms. The summed E-state index contributed by atoms with van der Waals surface area (Å²) in [5.74, 6) is 1.15. The summed E-state index contributed by atoms with van der Waals surface area (Å²) in [6.07, 6.45) is 3.02. The Bertz CT molecular complexity index is 393. The number of nitrogens with one attached hydrogen (secondary N) is 1. The van der Waals surface area contributed by atoms with E-state index in [0.717, 1.165) is 30.0 Å². The van der Waals surface area contributed by atoms with Gasteiger partial charge < -0.3 is 10.1 Å². The summed E-state index contributed by atoms with van der Waals surface area (Å²) in [5.41, 5.74) is 2.19. The zero-order chi connectivity index (χ0) is 14.4. The van der Waals surface area contributed by atoms with Crippen LogP contribution in [0.5, 0.6) is 0 Å². The van der Waals surface area contributed by atoms with Crippen LogP contribution in [0, 0.1) is 12.8 Å². The maximum atomic E-state index is 5.48. The van der Waals surface area contributed by atoms with Crippen molar-refractivity contribution in [1.82, 2.24) is 15.3 Å². The number of hydrogen-bond acceptors (Lipinski definition) is 4. The van der Waals surface area contributed by atoms with Gasteiger partial charge in [0.15, 0.2) is 5.82 Å². The fourth-order valence-electron chi connectivity index (χ4n) is 2.20. The molecule has 2 unspecified atom stereocenters. The van der Waals surface area contributed by atoms with Gasteiger partial charge in [-0.15, -0.1) is 0 Å². The molecule has 0 aliphatic heterocycles. The van der Waals surface area contributed by atoms with Gasteiger partial charge in [-0.05, 0) is 32.7 Å². The molecule has 108 valence electrons. The van der Waals surface area contributed by atoms with Gasteiger partial charge in [0.05, 0.1) is 0 Å². The van der Waals surface area contributed by atoms with Crippen LogP contribution in [0.1, 0.15) is 63.3 Å². The number of ether oxygens (including phenoxy) is 1. The molecule has 1 heterocycles. The minimum atomic E-state index is -0.0355. The van der Waals surface area contributed by atoms with Gasteiger partial charge in [-0.2, -0.15) is 0 Å². The number of rotatable bonds is 7. The molecule has 1 aromatic heterocycles. The van der Waals surface area contributed by atoms with Crippen molar-refractivity contribution in [2.45, 2.75) is 53.2 Å². The second kappa shape index (κ2) is 7.56. The van der Waals surface area contributed by atoms with Crippen LogP contribution in [0.25, 0.3) is 0 Å². The molecule has 0 spiro atoms. The Morgan fingerprint density at radius 2 is 2.00 bits per heavy atom. The molecule has 1 N–H and O–H groups in total. The lowest BCUT2D eigenvalue weighted by molar-refractivity contribution is 0.0572. The van der Waals surface area contributed by atoms with E-state index in [1.165, 1.54) is 0 Å². The second-order valence-electron chi connectivity index (χ2n) is 5.35. The monoisotopic (exact) mass is 265 g/mol. The lowest BCUT2D eigenvalue weighted by atomic mass is 10.1. The van der Waals surface area contributed by atoms with E-state index < -0.39 is 0 Å². The van der Waals surface area contributed by atoms with Crippen LogP contribution < -0.4 is 5.32 Å². The predicted octanol–water partition coefficient (Wildman–Crippen LogP) is 3.19. The molecule has 1 aromatic rings. The van der Waals surface area contributed by atoms with Crippen LogP contribution in [0.15, 0.2) is 6.20 Å². The van der Waals surface area contributed by atoms with Gasteiger partial charge in [0.25, 0.3) is 0 Å². The third kappa shape index (κ3) is 4.25. The van der Waals surface area contributed by atoms with Crippen LogP contribution in [0.2, 0.25) is 0 Å². The smallest absolute Gasteiger partial charge is 0.157 e. The Morgan fingerprint density at radius 3 is 2.47 bits per heavy atom. The standard InChI is InChI=1S/C15H27N3O/c1-7-8-16-11(4)13-9-17-15(18-12(13)5)14(19-6)10(2)3/h9-11,14,16H,7-8H2,1-6H3. The highest BCUT2D eigenvalue weighted by atomic mass is 16.5. The Hall–Kier alpha value is -1.00. The van der Waals surface area contributed by atoms with Gasteiger partial charge in [0.2, 0.25) is 0 Å². The second-order valence-corrected chi connectivity index (χ2v) is 5.35. The number of methoxy groups -OCH3 is 1. The molecule has 0 saturated carbocycles. The van der Waals surface area contributed by atoms with Gasteiger partial charge in [0, 0.05) is 30.6 Å². The summed E-state index contributed by atoms with van der Waals surface area (Å²) in [6.45, 7) is 11.6.